The number of hydrogen-bond acceptors (Lipinski definition) is 2. The molecule has 0 saturated heterocycles. The Morgan fingerprint density at radius 2 is 2.11 bits per heavy atom. The van der Waals surface area contributed by atoms with Crippen molar-refractivity contribution in [2.75, 3.05) is 6.54 Å². The molecule has 1 atom stereocenters. The maximum Gasteiger partial charge on any atom is 0.146 e. The molecule has 0 fully saturated rings. The molecule has 102 valence electrons. The van der Waals surface area contributed by atoms with Crippen LogP contribution in [0.25, 0.3) is 0 Å². The molecule has 18 heavy (non-hydrogen) atoms. The highest BCUT2D eigenvalue weighted by Gasteiger charge is 2.19. The lowest BCUT2D eigenvalue weighted by molar-refractivity contribution is 0.128. The van der Waals surface area contributed by atoms with E-state index in [0.29, 0.717) is 25.1 Å². The minimum Gasteiger partial charge on any atom is -0.393 e. The van der Waals surface area contributed by atoms with Gasteiger partial charge in [0.15, 0.2) is 0 Å². The summed E-state index contributed by atoms with van der Waals surface area (Å²) < 4.78 is 13.6. The molecule has 0 saturated carbocycles. The molecule has 0 radical (unpaired) electrons. The largest absolute Gasteiger partial charge is 0.393 e. The summed E-state index contributed by atoms with van der Waals surface area (Å²) in [7, 11) is 0. The van der Waals surface area contributed by atoms with E-state index in [1.165, 1.54) is 6.07 Å². The second-order valence-electron chi connectivity index (χ2n) is 5.53. The Kier molecular flexibility index (Phi) is 5.57. The lowest BCUT2D eigenvalue weighted by Gasteiger charge is -2.26. The third-order valence-electron chi connectivity index (χ3n) is 2.80. The van der Waals surface area contributed by atoms with Gasteiger partial charge in [-0.15, -0.1) is 0 Å². The normalized spacial score (nSPS) is 13.7. The van der Waals surface area contributed by atoms with Crippen LogP contribution in [-0.2, 0) is 6.54 Å². The van der Waals surface area contributed by atoms with Crippen LogP contribution in [0.1, 0.15) is 32.8 Å². The Balaban J connectivity index is 2.49. The Bertz CT molecular complexity index is 393. The molecule has 4 heteroatoms. The summed E-state index contributed by atoms with van der Waals surface area (Å²) in [6.07, 6.45) is 0.377. The van der Waals surface area contributed by atoms with E-state index in [9.17, 15) is 9.50 Å². The lowest BCUT2D eigenvalue weighted by atomic mass is 9.87. The van der Waals surface area contributed by atoms with Crippen LogP contribution in [0.3, 0.4) is 0 Å². The van der Waals surface area contributed by atoms with Crippen LogP contribution >= 0.6 is 11.6 Å². The van der Waals surface area contributed by atoms with Gasteiger partial charge in [-0.1, -0.05) is 37.6 Å². The highest BCUT2D eigenvalue weighted by atomic mass is 35.5. The molecular weight excluding hydrogens is 253 g/mol. The highest BCUT2D eigenvalue weighted by molar-refractivity contribution is 6.30. The Morgan fingerprint density at radius 1 is 1.44 bits per heavy atom. The Morgan fingerprint density at radius 3 is 2.72 bits per heavy atom. The Labute approximate surface area is 113 Å². The molecule has 1 aromatic rings. The molecular formula is C14H21ClFNO. The fourth-order valence-electron chi connectivity index (χ4n) is 2.09. The zero-order valence-electron chi connectivity index (χ0n) is 11.1. The average Bonchev–Trinajstić information content (AvgIpc) is 2.22. The quantitative estimate of drug-likeness (QED) is 0.833. The molecule has 1 unspecified atom stereocenters. The van der Waals surface area contributed by atoms with Gasteiger partial charge < -0.3 is 10.4 Å². The molecule has 2 N–H and O–H groups in total. The molecule has 0 aliphatic carbocycles. The number of benzene rings is 1. The van der Waals surface area contributed by atoms with Crippen LogP contribution in [0.4, 0.5) is 4.39 Å². The summed E-state index contributed by atoms with van der Waals surface area (Å²) in [5.41, 5.74) is 0.541. The molecule has 1 rings (SSSR count). The topological polar surface area (TPSA) is 32.3 Å². The van der Waals surface area contributed by atoms with Gasteiger partial charge in [0.05, 0.1) is 11.1 Å². The molecule has 1 aromatic carbocycles. The molecule has 0 bridgehead atoms. The summed E-state index contributed by atoms with van der Waals surface area (Å²) in [5, 5.41) is 12.7. The van der Waals surface area contributed by atoms with Gasteiger partial charge in [0.25, 0.3) is 0 Å². The van der Waals surface area contributed by atoms with Crippen LogP contribution in [0.5, 0.6) is 0 Å². The lowest BCUT2D eigenvalue weighted by Crippen LogP contribution is -2.31. The summed E-state index contributed by atoms with van der Waals surface area (Å²) in [4.78, 5) is 0. The predicted molar refractivity (Wildman–Crippen MR) is 73.2 cm³/mol. The number of rotatable bonds is 6. The van der Waals surface area contributed by atoms with Crippen molar-refractivity contribution in [3.05, 3.63) is 34.6 Å². The average molecular weight is 274 g/mol. The van der Waals surface area contributed by atoms with Crippen LogP contribution in [0.15, 0.2) is 18.2 Å². The second-order valence-corrected chi connectivity index (χ2v) is 5.94. The second kappa shape index (κ2) is 6.50. The van der Waals surface area contributed by atoms with Gasteiger partial charge in [-0.25, -0.2) is 4.39 Å². The van der Waals surface area contributed by atoms with Crippen molar-refractivity contribution in [3.8, 4) is 0 Å². The fourth-order valence-corrected chi connectivity index (χ4v) is 2.29. The van der Waals surface area contributed by atoms with E-state index in [4.69, 9.17) is 11.6 Å². The van der Waals surface area contributed by atoms with Gasteiger partial charge in [0, 0.05) is 18.7 Å². The van der Waals surface area contributed by atoms with E-state index in [0.717, 1.165) is 0 Å². The third-order valence-corrected chi connectivity index (χ3v) is 3.09. The van der Waals surface area contributed by atoms with E-state index in [1.807, 2.05) is 0 Å². The van der Waals surface area contributed by atoms with Crippen molar-refractivity contribution >= 4 is 11.6 Å². The van der Waals surface area contributed by atoms with Crippen molar-refractivity contribution in [2.45, 2.75) is 39.8 Å². The fraction of sp³-hybridized carbons (Fsp3) is 0.571. The maximum atomic E-state index is 13.6. The number of halogens is 2. The van der Waals surface area contributed by atoms with Crippen molar-refractivity contribution < 1.29 is 9.50 Å². The summed E-state index contributed by atoms with van der Waals surface area (Å²) in [6.45, 7) is 7.07. The van der Waals surface area contributed by atoms with Crippen LogP contribution in [0.2, 0.25) is 5.02 Å². The zero-order valence-corrected chi connectivity index (χ0v) is 11.9. The number of nitrogens with one attached hydrogen (secondary N) is 1. The minimum atomic E-state index is -0.361. The molecule has 0 aromatic heterocycles. The van der Waals surface area contributed by atoms with Gasteiger partial charge in [0.1, 0.15) is 5.82 Å². The molecule has 0 amide bonds. The molecule has 0 spiro atoms. The number of aliphatic hydroxyl groups excluding tert-OH is 1. The van der Waals surface area contributed by atoms with Crippen LogP contribution in [0, 0.1) is 11.2 Å². The first-order valence-electron chi connectivity index (χ1n) is 6.13. The molecule has 0 aliphatic rings. The van der Waals surface area contributed by atoms with E-state index < -0.39 is 0 Å². The molecule has 0 aliphatic heterocycles. The smallest absolute Gasteiger partial charge is 0.146 e. The standard InChI is InChI=1S/C14H21ClFNO/c1-10(18)7-14(2,3)9-17-8-11-5-4-6-12(15)13(11)16/h4-6,10,17-18H,7-9H2,1-3H3. The number of hydrogen-bond donors (Lipinski definition) is 2. The van der Waals surface area contributed by atoms with E-state index >= 15 is 0 Å². The molecule has 2 nitrogen and oxygen atoms in total. The zero-order chi connectivity index (χ0) is 13.8. The first kappa shape index (κ1) is 15.4. The highest BCUT2D eigenvalue weighted by Crippen LogP contribution is 2.22. The third kappa shape index (κ3) is 4.92. The van der Waals surface area contributed by atoms with Crippen molar-refractivity contribution in [1.29, 1.82) is 0 Å². The van der Waals surface area contributed by atoms with Crippen LogP contribution in [-0.4, -0.2) is 17.8 Å². The SMILES string of the molecule is CC(O)CC(C)(C)CNCc1cccc(Cl)c1F. The van der Waals surface area contributed by atoms with Crippen molar-refractivity contribution in [1.82, 2.24) is 5.32 Å². The Hall–Kier alpha value is -0.640. The van der Waals surface area contributed by atoms with Gasteiger partial charge in [-0.2, -0.15) is 0 Å². The predicted octanol–water partition coefficient (Wildman–Crippen LogP) is 3.37. The van der Waals surface area contributed by atoms with Gasteiger partial charge in [0.2, 0.25) is 0 Å². The molecule has 0 heterocycles. The van der Waals surface area contributed by atoms with Gasteiger partial charge in [-0.3, -0.25) is 0 Å². The summed E-state index contributed by atoms with van der Waals surface area (Å²) in [6, 6.07) is 5.00. The summed E-state index contributed by atoms with van der Waals surface area (Å²) in [5.74, 6) is -0.361. The van der Waals surface area contributed by atoms with E-state index in [-0.39, 0.29) is 22.4 Å². The maximum absolute atomic E-state index is 13.6. The summed E-state index contributed by atoms with van der Waals surface area (Å²) >= 11 is 5.72. The van der Waals surface area contributed by atoms with E-state index in [2.05, 4.69) is 19.2 Å². The van der Waals surface area contributed by atoms with Gasteiger partial charge >= 0.3 is 0 Å². The van der Waals surface area contributed by atoms with Crippen molar-refractivity contribution in [2.24, 2.45) is 5.41 Å². The van der Waals surface area contributed by atoms with Crippen LogP contribution < -0.4 is 5.32 Å². The first-order chi connectivity index (χ1) is 8.32. The van der Waals surface area contributed by atoms with E-state index in [1.54, 1.807) is 19.1 Å². The van der Waals surface area contributed by atoms with Gasteiger partial charge in [-0.05, 0) is 24.8 Å². The van der Waals surface area contributed by atoms with Crippen molar-refractivity contribution in [3.63, 3.8) is 0 Å². The minimum absolute atomic E-state index is 0.0246. The monoisotopic (exact) mass is 273 g/mol. The first-order valence-corrected chi connectivity index (χ1v) is 6.51. The number of aliphatic hydroxyl groups is 1.